The van der Waals surface area contributed by atoms with Crippen LogP contribution in [-0.4, -0.2) is 0 Å². The van der Waals surface area contributed by atoms with Gasteiger partial charge in [-0.15, -0.1) is 45.3 Å². The molecule has 0 aliphatic rings. The Hall–Kier alpha value is -16.6. The maximum absolute atomic E-state index is 2.49. The van der Waals surface area contributed by atoms with Gasteiger partial charge in [-0.1, -0.05) is 328 Å². The Balaban J connectivity index is 0.000000141. The topological polar surface area (TPSA) is 13.0 Å². The maximum atomic E-state index is 2.49. The zero-order valence-corrected chi connectivity index (χ0v) is 80.6. The van der Waals surface area contributed by atoms with Crippen LogP contribution in [-0.2, 0) is 0 Å². The molecule has 4 heterocycles. The van der Waals surface area contributed by atoms with Crippen molar-refractivity contribution in [3.63, 3.8) is 0 Å². The van der Waals surface area contributed by atoms with Crippen molar-refractivity contribution in [1.82, 2.24) is 0 Å². The van der Waals surface area contributed by atoms with E-state index in [1.54, 1.807) is 0 Å². The van der Waals surface area contributed by atoms with Gasteiger partial charge in [0.2, 0.25) is 0 Å². The first kappa shape index (κ1) is 82.9. The van der Waals surface area contributed by atoms with Crippen molar-refractivity contribution < 1.29 is 0 Å². The van der Waals surface area contributed by atoms with E-state index in [2.05, 4.69) is 508 Å². The Morgan fingerprint density at radius 2 is 0.407 bits per heavy atom. The third-order valence-electron chi connectivity index (χ3n) is 28.9. The molecule has 140 heavy (non-hydrogen) atoms. The lowest BCUT2D eigenvalue weighted by atomic mass is 9.88. The maximum Gasteiger partial charge on any atom is 0.0543 e. The van der Waals surface area contributed by atoms with Gasteiger partial charge in [0.1, 0.15) is 0 Å². The molecule has 0 spiro atoms. The minimum absolute atomic E-state index is 1.12. The fraction of sp³-hybridized carbons (Fsp3) is 0.0303. The van der Waals surface area contributed by atoms with Crippen molar-refractivity contribution in [2.24, 2.45) is 0 Å². The Morgan fingerprint density at radius 1 is 0.150 bits per heavy atom. The molecular weight excluding hydrogens is 1770 g/mol. The standard InChI is InChI=1S/2C66H44N2S2/c1-41-15-3-7-27-57(41)67(47-19-11-17-45(39-47)49-23-13-25-53-51-21-5-9-29-61(51)69-65(49)53)59-37-33-43-32-36-56-60(38-34-44-31-35-55(59)63(43)64(44)56)68(58-28-8-4-16-42(58)2)48-20-12-18-46(40-48)50-24-14-26-54-52-22-6-10-30-62(52)70-66(50)54;1-41-37-59(67(45-19-5-3-6-20-45)47-23-13-17-43(39-47)51-27-15-29-55-53-25-9-11-31-61(53)69-65(51)55)57-36-34-50-42(2)38-60(58-35-33-49(41)63(57)64(50)58)68(46-21-7-4-8-22-46)48-24-14-18-44(40-48)52-28-16-30-56-54-26-10-12-32-62(54)70-66(52)56/h2*3-40H,1-2H3. The third-order valence-corrected chi connectivity index (χ3v) is 33.8. The smallest absolute Gasteiger partial charge is 0.0543 e. The number of rotatable bonds is 16. The highest BCUT2D eigenvalue weighted by molar-refractivity contribution is 7.27. The van der Waals surface area contributed by atoms with Crippen LogP contribution in [0.1, 0.15) is 22.3 Å². The van der Waals surface area contributed by atoms with Gasteiger partial charge in [0.25, 0.3) is 0 Å². The van der Waals surface area contributed by atoms with Gasteiger partial charge in [0.05, 0.1) is 22.7 Å². The van der Waals surface area contributed by atoms with E-state index in [0.29, 0.717) is 0 Å². The average molecular weight is 1860 g/mol. The minimum Gasteiger partial charge on any atom is -0.310 e. The molecule has 0 amide bonds. The largest absolute Gasteiger partial charge is 0.310 e. The zero-order valence-electron chi connectivity index (χ0n) is 77.3. The Labute approximate surface area is 827 Å². The highest BCUT2D eigenvalue weighted by Gasteiger charge is 2.30. The van der Waals surface area contributed by atoms with Gasteiger partial charge in [-0.3, -0.25) is 0 Å². The number of aryl methyl sites for hydroxylation is 4. The second kappa shape index (κ2) is 33.7. The Morgan fingerprint density at radius 3 is 0.743 bits per heavy atom. The fourth-order valence-electron chi connectivity index (χ4n) is 22.4. The van der Waals surface area contributed by atoms with Gasteiger partial charge >= 0.3 is 0 Å². The van der Waals surface area contributed by atoms with Crippen LogP contribution in [0.3, 0.4) is 0 Å². The molecule has 24 aromatic carbocycles. The molecule has 0 unspecified atom stereocenters. The normalized spacial score (nSPS) is 11.9. The summed E-state index contributed by atoms with van der Waals surface area (Å²) in [5, 5.41) is 25.5. The lowest BCUT2D eigenvalue weighted by Crippen LogP contribution is -2.13. The second-order valence-electron chi connectivity index (χ2n) is 37.0. The van der Waals surface area contributed by atoms with Gasteiger partial charge in [0.15, 0.2) is 0 Å². The molecule has 0 fully saturated rings. The van der Waals surface area contributed by atoms with Crippen molar-refractivity contribution in [3.05, 3.63) is 483 Å². The summed E-state index contributed by atoms with van der Waals surface area (Å²) in [6.45, 7) is 9.02. The lowest BCUT2D eigenvalue weighted by molar-refractivity contribution is 1.26. The summed E-state index contributed by atoms with van der Waals surface area (Å²) in [5.41, 5.74) is 28.4. The van der Waals surface area contributed by atoms with Crippen LogP contribution in [0.25, 0.3) is 190 Å². The van der Waals surface area contributed by atoms with Gasteiger partial charge in [-0.25, -0.2) is 0 Å². The summed E-state index contributed by atoms with van der Waals surface area (Å²) < 4.78 is 10.5. The van der Waals surface area contributed by atoms with E-state index in [0.717, 1.165) is 68.2 Å². The number of anilines is 12. The molecule has 4 aromatic heterocycles. The van der Waals surface area contributed by atoms with Crippen LogP contribution in [0.5, 0.6) is 0 Å². The Kier molecular flexibility index (Phi) is 20.0. The highest BCUT2D eigenvalue weighted by Crippen LogP contribution is 2.56. The second-order valence-corrected chi connectivity index (χ2v) is 41.2. The van der Waals surface area contributed by atoms with E-state index in [4.69, 9.17) is 0 Å². The van der Waals surface area contributed by atoms with E-state index < -0.39 is 0 Å². The molecule has 0 aliphatic carbocycles. The molecular formula is C132H88N4S4. The quantitative estimate of drug-likeness (QED) is 0.0894. The van der Waals surface area contributed by atoms with Crippen LogP contribution in [0.4, 0.5) is 68.2 Å². The zero-order chi connectivity index (χ0) is 92.9. The van der Waals surface area contributed by atoms with Gasteiger partial charge in [-0.05, 0) is 271 Å². The van der Waals surface area contributed by atoms with Crippen LogP contribution < -0.4 is 19.6 Å². The number of hydrogen-bond donors (Lipinski definition) is 0. The molecule has 4 nitrogen and oxygen atoms in total. The predicted octanol–water partition coefficient (Wildman–Crippen LogP) is 40.4. The van der Waals surface area contributed by atoms with Crippen LogP contribution in [0.2, 0.25) is 0 Å². The molecule has 0 atom stereocenters. The average Bonchev–Trinajstić information content (AvgIpc) is 1.64. The lowest BCUT2D eigenvalue weighted by Gasteiger charge is -2.31. The van der Waals surface area contributed by atoms with E-state index >= 15 is 0 Å². The molecule has 28 rings (SSSR count). The summed E-state index contributed by atoms with van der Waals surface area (Å²) in [5.74, 6) is 0. The summed E-state index contributed by atoms with van der Waals surface area (Å²) in [7, 11) is 0. The van der Waals surface area contributed by atoms with E-state index in [1.165, 1.54) is 212 Å². The summed E-state index contributed by atoms with van der Waals surface area (Å²) in [6, 6.07) is 171. The molecule has 660 valence electrons. The number of benzene rings is 24. The first-order valence-electron chi connectivity index (χ1n) is 48.0. The first-order chi connectivity index (χ1) is 69.1. The molecule has 28 aromatic rings. The van der Waals surface area contributed by atoms with Crippen molar-refractivity contribution in [2.75, 3.05) is 19.6 Å². The third kappa shape index (κ3) is 13.6. The van der Waals surface area contributed by atoms with Crippen molar-refractivity contribution >= 4 is 259 Å². The molecule has 0 aliphatic heterocycles. The van der Waals surface area contributed by atoms with Crippen LogP contribution in [0.15, 0.2) is 461 Å². The number of thiophene rings is 4. The summed E-state index contributed by atoms with van der Waals surface area (Å²) >= 11 is 7.53. The van der Waals surface area contributed by atoms with E-state index in [1.807, 2.05) is 45.3 Å². The van der Waals surface area contributed by atoms with Gasteiger partial charge < -0.3 is 19.6 Å². The monoisotopic (exact) mass is 1860 g/mol. The van der Waals surface area contributed by atoms with Crippen LogP contribution >= 0.6 is 45.3 Å². The van der Waals surface area contributed by atoms with E-state index in [9.17, 15) is 0 Å². The van der Waals surface area contributed by atoms with Crippen molar-refractivity contribution in [3.8, 4) is 44.5 Å². The SMILES string of the molecule is Cc1cc(N(c2ccccc2)c2cccc(-c3cccc4c3sc3ccccc34)c2)c2ccc3c(C)cc(N(c4ccccc4)c4cccc(-c5cccc6c5sc5ccccc56)c4)c4ccc1c2c34.Cc1ccccc1N(c1cccc(-c2cccc3c2sc2ccccc23)c1)c1ccc2ccc3c(N(c4cccc(-c5cccc6c5sc5ccccc56)c4)c4ccccc4C)ccc4ccc1c2c43. The van der Waals surface area contributed by atoms with Gasteiger partial charge in [0, 0.05) is 148 Å². The number of fused-ring (bicyclic) bond motifs is 12. The molecule has 0 N–H and O–H groups in total. The number of nitrogens with zero attached hydrogens (tertiary/aromatic N) is 4. The molecule has 0 radical (unpaired) electrons. The summed E-state index contributed by atoms with van der Waals surface area (Å²) in [6.07, 6.45) is 0. The highest BCUT2D eigenvalue weighted by atomic mass is 32.1. The van der Waals surface area contributed by atoms with E-state index in [-0.39, 0.29) is 0 Å². The Bertz CT molecular complexity index is 9270. The molecule has 0 bridgehead atoms. The van der Waals surface area contributed by atoms with Crippen LogP contribution in [0, 0.1) is 27.7 Å². The van der Waals surface area contributed by atoms with Crippen molar-refractivity contribution in [2.45, 2.75) is 27.7 Å². The minimum atomic E-state index is 1.12. The molecule has 0 saturated heterocycles. The van der Waals surface area contributed by atoms with Crippen molar-refractivity contribution in [1.29, 1.82) is 0 Å². The number of para-hydroxylation sites is 4. The predicted molar refractivity (Wildman–Crippen MR) is 611 cm³/mol. The first-order valence-corrected chi connectivity index (χ1v) is 51.2. The van der Waals surface area contributed by atoms with Gasteiger partial charge in [-0.2, -0.15) is 0 Å². The molecule has 8 heteroatoms. The summed E-state index contributed by atoms with van der Waals surface area (Å²) in [4.78, 5) is 9.91. The number of hydrogen-bond acceptors (Lipinski definition) is 8. The molecule has 0 saturated carbocycles. The fourth-order valence-corrected chi connectivity index (χ4v) is 27.4.